The standard InChI is InChI=1S/C21H27NO3/c1-25-17-9-5-8-16(12-17)21-11-3-2-10-18(21)20(24)22(19(23)13-21)14-15-6-4-7-15/h5,8-9,12,15,18H,2-4,6-7,10-11,13-14H2,1H3. The second-order valence-corrected chi connectivity index (χ2v) is 8.00. The third kappa shape index (κ3) is 2.76. The molecule has 3 fully saturated rings. The molecule has 3 aliphatic rings. The average molecular weight is 341 g/mol. The monoisotopic (exact) mass is 341 g/mol. The van der Waals surface area contributed by atoms with Gasteiger partial charge in [-0.2, -0.15) is 0 Å². The van der Waals surface area contributed by atoms with Crippen molar-refractivity contribution in [1.29, 1.82) is 0 Å². The van der Waals surface area contributed by atoms with Crippen LogP contribution in [0.25, 0.3) is 0 Å². The largest absolute Gasteiger partial charge is 0.497 e. The zero-order valence-corrected chi connectivity index (χ0v) is 15.0. The van der Waals surface area contributed by atoms with Crippen LogP contribution in [0.15, 0.2) is 24.3 Å². The minimum Gasteiger partial charge on any atom is -0.497 e. The molecule has 2 atom stereocenters. The Morgan fingerprint density at radius 1 is 1.16 bits per heavy atom. The van der Waals surface area contributed by atoms with Crippen LogP contribution in [0.4, 0.5) is 0 Å². The van der Waals surface area contributed by atoms with Gasteiger partial charge >= 0.3 is 0 Å². The SMILES string of the molecule is COc1cccc(C23CCCCC2C(=O)N(CC2CCC2)C(=O)C3)c1. The minimum absolute atomic E-state index is 0.0258. The molecule has 0 bridgehead atoms. The molecule has 0 aromatic heterocycles. The quantitative estimate of drug-likeness (QED) is 0.785. The number of hydrogen-bond acceptors (Lipinski definition) is 3. The van der Waals surface area contributed by atoms with Gasteiger partial charge in [0.25, 0.3) is 0 Å². The maximum atomic E-state index is 13.3. The highest BCUT2D eigenvalue weighted by Gasteiger charge is 2.53. The van der Waals surface area contributed by atoms with Gasteiger partial charge in [0, 0.05) is 24.3 Å². The lowest BCUT2D eigenvalue weighted by Gasteiger charge is -2.50. The van der Waals surface area contributed by atoms with E-state index in [0.29, 0.717) is 18.9 Å². The van der Waals surface area contributed by atoms with Crippen LogP contribution >= 0.6 is 0 Å². The highest BCUT2D eigenvalue weighted by atomic mass is 16.5. The van der Waals surface area contributed by atoms with Gasteiger partial charge in [-0.1, -0.05) is 31.4 Å². The number of likely N-dealkylation sites (tertiary alicyclic amines) is 1. The molecule has 4 nitrogen and oxygen atoms in total. The van der Waals surface area contributed by atoms with Gasteiger partial charge in [0.1, 0.15) is 5.75 Å². The number of fused-ring (bicyclic) bond motifs is 1. The summed E-state index contributed by atoms with van der Waals surface area (Å²) in [5.74, 6) is 1.36. The van der Waals surface area contributed by atoms with E-state index in [1.54, 1.807) is 12.0 Å². The number of amides is 2. The van der Waals surface area contributed by atoms with Crippen molar-refractivity contribution < 1.29 is 14.3 Å². The van der Waals surface area contributed by atoms with E-state index in [-0.39, 0.29) is 23.1 Å². The molecular weight excluding hydrogens is 314 g/mol. The highest BCUT2D eigenvalue weighted by Crippen LogP contribution is 2.50. The number of methoxy groups -OCH3 is 1. The van der Waals surface area contributed by atoms with E-state index in [0.717, 1.165) is 49.8 Å². The first kappa shape index (κ1) is 16.6. The van der Waals surface area contributed by atoms with Crippen molar-refractivity contribution in [2.45, 2.75) is 56.8 Å². The predicted molar refractivity (Wildman–Crippen MR) is 95.3 cm³/mol. The van der Waals surface area contributed by atoms with Crippen LogP contribution in [0, 0.1) is 11.8 Å². The first-order valence-corrected chi connectivity index (χ1v) is 9.63. The molecule has 134 valence electrons. The molecule has 4 rings (SSSR count). The fourth-order valence-electron chi connectivity index (χ4n) is 4.99. The van der Waals surface area contributed by atoms with Gasteiger partial charge < -0.3 is 4.74 Å². The summed E-state index contributed by atoms with van der Waals surface area (Å²) in [7, 11) is 1.66. The Balaban J connectivity index is 1.68. The van der Waals surface area contributed by atoms with E-state index in [2.05, 4.69) is 6.07 Å². The van der Waals surface area contributed by atoms with Gasteiger partial charge in [0.15, 0.2) is 0 Å². The Hall–Kier alpha value is -1.84. The molecule has 2 amide bonds. The Morgan fingerprint density at radius 2 is 2.00 bits per heavy atom. The summed E-state index contributed by atoms with van der Waals surface area (Å²) in [5.41, 5.74) is 0.762. The van der Waals surface area contributed by atoms with Crippen molar-refractivity contribution in [3.63, 3.8) is 0 Å². The summed E-state index contributed by atoms with van der Waals surface area (Å²) in [5, 5.41) is 0. The molecule has 2 aliphatic carbocycles. The summed E-state index contributed by atoms with van der Waals surface area (Å²) >= 11 is 0. The number of hydrogen-bond donors (Lipinski definition) is 0. The topological polar surface area (TPSA) is 46.6 Å². The zero-order chi connectivity index (χ0) is 17.4. The second-order valence-electron chi connectivity index (χ2n) is 8.00. The molecule has 1 aromatic rings. The zero-order valence-electron chi connectivity index (χ0n) is 15.0. The summed E-state index contributed by atoms with van der Waals surface area (Å²) in [6, 6.07) is 8.00. The molecule has 1 aromatic carbocycles. The Morgan fingerprint density at radius 3 is 2.72 bits per heavy atom. The van der Waals surface area contributed by atoms with E-state index in [1.807, 2.05) is 18.2 Å². The normalized spacial score (nSPS) is 30.0. The number of carbonyl (C=O) groups excluding carboxylic acids is 2. The van der Waals surface area contributed by atoms with Crippen LogP contribution in [0.1, 0.15) is 56.9 Å². The van der Waals surface area contributed by atoms with Crippen LogP contribution < -0.4 is 4.74 Å². The maximum absolute atomic E-state index is 13.3. The van der Waals surface area contributed by atoms with Crippen molar-refractivity contribution in [3.8, 4) is 5.75 Å². The summed E-state index contributed by atoms with van der Waals surface area (Å²) in [6.07, 6.45) is 7.97. The number of carbonyl (C=O) groups is 2. The van der Waals surface area contributed by atoms with Crippen LogP contribution in [-0.2, 0) is 15.0 Å². The van der Waals surface area contributed by atoms with Gasteiger partial charge in [0.2, 0.25) is 11.8 Å². The van der Waals surface area contributed by atoms with Crippen molar-refractivity contribution >= 4 is 11.8 Å². The maximum Gasteiger partial charge on any atom is 0.233 e. The summed E-state index contributed by atoms with van der Waals surface area (Å²) in [4.78, 5) is 27.8. The van der Waals surface area contributed by atoms with Gasteiger partial charge in [-0.25, -0.2) is 0 Å². The molecule has 4 heteroatoms. The molecule has 1 aliphatic heterocycles. The summed E-state index contributed by atoms with van der Waals surface area (Å²) in [6.45, 7) is 0.641. The van der Waals surface area contributed by atoms with E-state index in [9.17, 15) is 9.59 Å². The first-order valence-electron chi connectivity index (χ1n) is 9.63. The molecule has 0 N–H and O–H groups in total. The van der Waals surface area contributed by atoms with Crippen molar-refractivity contribution in [3.05, 3.63) is 29.8 Å². The van der Waals surface area contributed by atoms with Crippen LogP contribution in [0.3, 0.4) is 0 Å². The predicted octanol–water partition coefficient (Wildman–Crippen LogP) is 3.68. The lowest BCUT2D eigenvalue weighted by atomic mass is 9.58. The van der Waals surface area contributed by atoms with Gasteiger partial charge in [-0.15, -0.1) is 0 Å². The van der Waals surface area contributed by atoms with Crippen molar-refractivity contribution in [1.82, 2.24) is 4.90 Å². The molecular formula is C21H27NO3. The third-order valence-electron chi connectivity index (χ3n) is 6.67. The van der Waals surface area contributed by atoms with Gasteiger partial charge in [0.05, 0.1) is 7.11 Å². The van der Waals surface area contributed by atoms with Crippen LogP contribution in [-0.4, -0.2) is 30.4 Å². The third-order valence-corrected chi connectivity index (χ3v) is 6.67. The Labute approximate surface area is 149 Å². The van der Waals surface area contributed by atoms with E-state index in [4.69, 9.17) is 4.74 Å². The number of piperidine rings is 1. The van der Waals surface area contributed by atoms with Crippen molar-refractivity contribution in [2.24, 2.45) is 11.8 Å². The molecule has 25 heavy (non-hydrogen) atoms. The molecule has 0 spiro atoms. The molecule has 2 saturated carbocycles. The minimum atomic E-state index is -0.336. The van der Waals surface area contributed by atoms with Crippen molar-refractivity contribution in [2.75, 3.05) is 13.7 Å². The number of imide groups is 1. The number of benzene rings is 1. The highest BCUT2D eigenvalue weighted by molar-refractivity contribution is 6.01. The van der Waals surface area contributed by atoms with Gasteiger partial charge in [-0.3, -0.25) is 14.5 Å². The Bertz CT molecular complexity index is 681. The molecule has 1 heterocycles. The van der Waals surface area contributed by atoms with E-state index >= 15 is 0 Å². The molecule has 1 saturated heterocycles. The van der Waals surface area contributed by atoms with Crippen LogP contribution in [0.2, 0.25) is 0 Å². The number of rotatable bonds is 4. The lowest BCUT2D eigenvalue weighted by Crippen LogP contribution is -2.58. The smallest absolute Gasteiger partial charge is 0.233 e. The van der Waals surface area contributed by atoms with E-state index in [1.165, 1.54) is 6.42 Å². The fourth-order valence-corrected chi connectivity index (χ4v) is 4.99. The van der Waals surface area contributed by atoms with E-state index < -0.39 is 0 Å². The van der Waals surface area contributed by atoms with Gasteiger partial charge in [-0.05, 0) is 49.3 Å². The fraction of sp³-hybridized carbons (Fsp3) is 0.619. The lowest BCUT2D eigenvalue weighted by molar-refractivity contribution is -0.159. The number of nitrogens with zero attached hydrogens (tertiary/aromatic N) is 1. The number of ether oxygens (including phenoxy) is 1. The Kier molecular flexibility index (Phi) is 4.30. The van der Waals surface area contributed by atoms with Crippen LogP contribution in [0.5, 0.6) is 5.75 Å². The molecule has 0 radical (unpaired) electrons. The summed E-state index contributed by atoms with van der Waals surface area (Å²) < 4.78 is 5.39. The average Bonchev–Trinajstić information content (AvgIpc) is 2.60. The second kappa shape index (κ2) is 6.47. The molecule has 2 unspecified atom stereocenters. The first-order chi connectivity index (χ1) is 12.1.